The summed E-state index contributed by atoms with van der Waals surface area (Å²) in [6, 6.07) is 8.34. The number of hydrogen-bond donors (Lipinski definition) is 2. The predicted octanol–water partition coefficient (Wildman–Crippen LogP) is 0.995. The topological polar surface area (TPSA) is 78.1 Å². The van der Waals surface area contributed by atoms with Gasteiger partial charge in [0.25, 0.3) is 0 Å². The molecule has 94 valence electrons. The number of nitrogens with zero attached hydrogens (tertiary/aromatic N) is 2. The SMILES string of the molecule is CN(C)/N=C(/NO)c1cc(=O)oc2ccccc12. The average molecular weight is 247 g/mol. The molecule has 2 rings (SSSR count). The molecule has 6 heteroatoms. The van der Waals surface area contributed by atoms with Gasteiger partial charge < -0.3 is 9.43 Å². The lowest BCUT2D eigenvalue weighted by Gasteiger charge is -2.10. The zero-order valence-electron chi connectivity index (χ0n) is 10.0. The normalized spacial score (nSPS) is 11.6. The standard InChI is InChI=1S/C12H13N3O3/c1-15(2)13-12(14-17)9-7-11(16)18-10-6-4-3-5-8(9)10/h3-7,17H,1-2H3,(H,13,14). The van der Waals surface area contributed by atoms with Crippen LogP contribution in [0.1, 0.15) is 5.56 Å². The largest absolute Gasteiger partial charge is 0.423 e. The van der Waals surface area contributed by atoms with Crippen molar-refractivity contribution in [3.05, 3.63) is 46.3 Å². The Hall–Kier alpha value is -2.34. The summed E-state index contributed by atoms with van der Waals surface area (Å²) in [5.41, 5.74) is 2.43. The van der Waals surface area contributed by atoms with E-state index in [1.807, 2.05) is 11.5 Å². The van der Waals surface area contributed by atoms with Gasteiger partial charge in [-0.15, -0.1) is 0 Å². The lowest BCUT2D eigenvalue weighted by Crippen LogP contribution is -2.25. The van der Waals surface area contributed by atoms with Crippen molar-refractivity contribution in [1.82, 2.24) is 10.5 Å². The lowest BCUT2D eigenvalue weighted by atomic mass is 10.1. The van der Waals surface area contributed by atoms with Gasteiger partial charge in [0.05, 0.1) is 0 Å². The highest BCUT2D eigenvalue weighted by atomic mass is 16.5. The van der Waals surface area contributed by atoms with Crippen LogP contribution in [0, 0.1) is 0 Å². The summed E-state index contributed by atoms with van der Waals surface area (Å²) in [6.45, 7) is 0. The van der Waals surface area contributed by atoms with Crippen LogP contribution in [0.5, 0.6) is 0 Å². The summed E-state index contributed by atoms with van der Waals surface area (Å²) in [5, 5.41) is 15.4. The fourth-order valence-corrected chi connectivity index (χ4v) is 1.64. The van der Waals surface area contributed by atoms with Gasteiger partial charge in [0.1, 0.15) is 5.58 Å². The highest BCUT2D eigenvalue weighted by Gasteiger charge is 2.11. The zero-order chi connectivity index (χ0) is 13.1. The van der Waals surface area contributed by atoms with Crippen LogP contribution in [0.4, 0.5) is 0 Å². The van der Waals surface area contributed by atoms with Gasteiger partial charge in [-0.1, -0.05) is 18.2 Å². The quantitative estimate of drug-likeness (QED) is 0.358. The van der Waals surface area contributed by atoms with Crippen LogP contribution in [0.2, 0.25) is 0 Å². The summed E-state index contributed by atoms with van der Waals surface area (Å²) < 4.78 is 5.07. The van der Waals surface area contributed by atoms with Gasteiger partial charge in [-0.05, 0) is 6.07 Å². The van der Waals surface area contributed by atoms with Crippen molar-refractivity contribution >= 4 is 16.8 Å². The van der Waals surface area contributed by atoms with Gasteiger partial charge in [0.2, 0.25) is 0 Å². The fourth-order valence-electron chi connectivity index (χ4n) is 1.64. The maximum Gasteiger partial charge on any atom is 0.336 e. The fraction of sp³-hybridized carbons (Fsp3) is 0.167. The van der Waals surface area contributed by atoms with Crippen molar-refractivity contribution in [2.75, 3.05) is 14.1 Å². The van der Waals surface area contributed by atoms with Crippen molar-refractivity contribution in [1.29, 1.82) is 0 Å². The minimum absolute atomic E-state index is 0.184. The second kappa shape index (κ2) is 4.89. The minimum Gasteiger partial charge on any atom is -0.423 e. The molecule has 0 saturated heterocycles. The molecule has 0 fully saturated rings. The zero-order valence-corrected chi connectivity index (χ0v) is 10.0. The molecule has 0 aliphatic rings. The number of amidine groups is 1. The van der Waals surface area contributed by atoms with Gasteiger partial charge in [-0.25, -0.2) is 4.79 Å². The molecule has 0 bridgehead atoms. The molecule has 1 heterocycles. The summed E-state index contributed by atoms with van der Waals surface area (Å²) in [7, 11) is 3.43. The van der Waals surface area contributed by atoms with Crippen molar-refractivity contribution < 1.29 is 9.62 Å². The van der Waals surface area contributed by atoms with Crippen LogP contribution in [0.3, 0.4) is 0 Å². The number of para-hydroxylation sites is 1. The molecule has 18 heavy (non-hydrogen) atoms. The van der Waals surface area contributed by atoms with E-state index in [9.17, 15) is 4.79 Å². The molecule has 0 aliphatic carbocycles. The van der Waals surface area contributed by atoms with E-state index in [1.54, 1.807) is 32.3 Å². The van der Waals surface area contributed by atoms with E-state index < -0.39 is 5.63 Å². The third-order valence-electron chi connectivity index (χ3n) is 2.31. The van der Waals surface area contributed by atoms with Gasteiger partial charge in [0, 0.05) is 31.1 Å². The Morgan fingerprint density at radius 2 is 2.11 bits per heavy atom. The van der Waals surface area contributed by atoms with Gasteiger partial charge in [0.15, 0.2) is 5.84 Å². The Morgan fingerprint density at radius 3 is 2.78 bits per heavy atom. The molecule has 0 atom stereocenters. The summed E-state index contributed by atoms with van der Waals surface area (Å²) >= 11 is 0. The number of hydroxylamine groups is 1. The van der Waals surface area contributed by atoms with Crippen LogP contribution < -0.4 is 11.1 Å². The van der Waals surface area contributed by atoms with E-state index in [-0.39, 0.29) is 5.84 Å². The van der Waals surface area contributed by atoms with E-state index in [2.05, 4.69) is 5.10 Å². The molecule has 0 amide bonds. The number of hydrazone groups is 1. The second-order valence-corrected chi connectivity index (χ2v) is 3.88. The van der Waals surface area contributed by atoms with Gasteiger partial charge in [-0.2, -0.15) is 5.10 Å². The van der Waals surface area contributed by atoms with E-state index in [1.165, 1.54) is 11.1 Å². The molecule has 0 radical (unpaired) electrons. The lowest BCUT2D eigenvalue weighted by molar-refractivity contribution is 0.231. The molecule has 0 unspecified atom stereocenters. The molecular formula is C12H13N3O3. The van der Waals surface area contributed by atoms with Crippen molar-refractivity contribution in [3.63, 3.8) is 0 Å². The maximum absolute atomic E-state index is 11.5. The first-order valence-electron chi connectivity index (χ1n) is 5.31. The molecule has 2 aromatic rings. The van der Waals surface area contributed by atoms with Crippen molar-refractivity contribution in [2.45, 2.75) is 0 Å². The molecule has 6 nitrogen and oxygen atoms in total. The number of nitrogens with one attached hydrogen (secondary N) is 1. The van der Waals surface area contributed by atoms with E-state index in [0.717, 1.165) is 0 Å². The molecule has 1 aromatic heterocycles. The van der Waals surface area contributed by atoms with Crippen LogP contribution in [0.25, 0.3) is 11.0 Å². The first kappa shape index (κ1) is 12.1. The second-order valence-electron chi connectivity index (χ2n) is 3.88. The highest BCUT2D eigenvalue weighted by Crippen LogP contribution is 2.16. The number of hydrogen-bond acceptors (Lipinski definition) is 5. The summed E-state index contributed by atoms with van der Waals surface area (Å²) in [5.74, 6) is 0.184. The summed E-state index contributed by atoms with van der Waals surface area (Å²) in [6.07, 6.45) is 0. The van der Waals surface area contributed by atoms with Crippen LogP contribution in [-0.2, 0) is 0 Å². The smallest absolute Gasteiger partial charge is 0.336 e. The predicted molar refractivity (Wildman–Crippen MR) is 67.6 cm³/mol. The number of rotatable bonds is 2. The number of benzene rings is 1. The van der Waals surface area contributed by atoms with E-state index >= 15 is 0 Å². The van der Waals surface area contributed by atoms with E-state index in [0.29, 0.717) is 16.5 Å². The third-order valence-corrected chi connectivity index (χ3v) is 2.31. The number of fused-ring (bicyclic) bond motifs is 1. The van der Waals surface area contributed by atoms with Crippen LogP contribution in [0.15, 0.2) is 44.6 Å². The molecule has 2 N–H and O–H groups in total. The minimum atomic E-state index is -0.495. The molecule has 0 spiro atoms. The van der Waals surface area contributed by atoms with Crippen LogP contribution >= 0.6 is 0 Å². The Labute approximate surface area is 103 Å². The molecule has 1 aromatic carbocycles. The first-order chi connectivity index (χ1) is 8.61. The van der Waals surface area contributed by atoms with Crippen molar-refractivity contribution in [3.8, 4) is 0 Å². The van der Waals surface area contributed by atoms with Crippen molar-refractivity contribution in [2.24, 2.45) is 5.10 Å². The highest BCUT2D eigenvalue weighted by molar-refractivity contribution is 6.07. The average Bonchev–Trinajstić information content (AvgIpc) is 2.34. The Balaban J connectivity index is 2.73. The molecule has 0 aliphatic heterocycles. The Kier molecular flexibility index (Phi) is 3.29. The van der Waals surface area contributed by atoms with E-state index in [4.69, 9.17) is 9.62 Å². The van der Waals surface area contributed by atoms with Gasteiger partial charge in [-0.3, -0.25) is 10.7 Å². The molecular weight excluding hydrogens is 234 g/mol. The van der Waals surface area contributed by atoms with Crippen LogP contribution in [-0.4, -0.2) is 30.1 Å². The monoisotopic (exact) mass is 247 g/mol. The maximum atomic E-state index is 11.5. The Bertz CT molecular complexity index is 646. The van der Waals surface area contributed by atoms with Gasteiger partial charge >= 0.3 is 5.63 Å². The summed E-state index contributed by atoms with van der Waals surface area (Å²) in [4.78, 5) is 11.5. The third kappa shape index (κ3) is 2.33. The Morgan fingerprint density at radius 1 is 1.39 bits per heavy atom. The first-order valence-corrected chi connectivity index (χ1v) is 5.31. The molecule has 0 saturated carbocycles.